The first-order valence-corrected chi connectivity index (χ1v) is 10.7. The number of ether oxygens (including phenoxy) is 2. The van der Waals surface area contributed by atoms with Gasteiger partial charge in [-0.3, -0.25) is 4.79 Å². The molecule has 2 aromatic rings. The lowest BCUT2D eigenvalue weighted by molar-refractivity contribution is -0.140. The molecule has 28 heavy (non-hydrogen) atoms. The molecule has 1 aliphatic heterocycles. The van der Waals surface area contributed by atoms with E-state index in [0.29, 0.717) is 52.1 Å². The van der Waals surface area contributed by atoms with E-state index in [9.17, 15) is 4.79 Å². The minimum atomic E-state index is 0.0617. The minimum Gasteiger partial charge on any atom is -0.482 e. The Bertz CT molecular complexity index is 810. The molecule has 2 atom stereocenters. The van der Waals surface area contributed by atoms with Gasteiger partial charge < -0.3 is 18.9 Å². The monoisotopic (exact) mass is 445 g/mol. The quantitative estimate of drug-likeness (QED) is 0.640. The number of hydrogen-bond acceptors (Lipinski definition) is 7. The van der Waals surface area contributed by atoms with Gasteiger partial charge in [0.15, 0.2) is 12.4 Å². The summed E-state index contributed by atoms with van der Waals surface area (Å²) in [4.78, 5) is 18.5. The van der Waals surface area contributed by atoms with Crippen LogP contribution in [0.25, 0.3) is 0 Å². The number of amides is 1. The molecule has 1 aromatic heterocycles. The van der Waals surface area contributed by atoms with E-state index >= 15 is 0 Å². The van der Waals surface area contributed by atoms with Gasteiger partial charge >= 0.3 is 0 Å². The molecular weight excluding hydrogens is 425 g/mol. The summed E-state index contributed by atoms with van der Waals surface area (Å²) in [5.74, 6) is 2.27. The maximum Gasteiger partial charge on any atom is 0.264 e. The zero-order valence-corrected chi connectivity index (χ0v) is 17.9. The van der Waals surface area contributed by atoms with Gasteiger partial charge in [0.2, 0.25) is 5.91 Å². The fourth-order valence-corrected chi connectivity index (χ4v) is 4.06. The van der Waals surface area contributed by atoms with Crippen LogP contribution < -0.4 is 4.74 Å². The van der Waals surface area contributed by atoms with Crippen LogP contribution in [0.2, 0.25) is 10.0 Å². The van der Waals surface area contributed by atoms with E-state index in [1.54, 1.807) is 18.2 Å². The predicted octanol–water partition coefficient (Wildman–Crippen LogP) is 3.82. The van der Waals surface area contributed by atoms with Gasteiger partial charge in [-0.25, -0.2) is 0 Å². The number of carbonyl (C=O) groups is 1. The Morgan fingerprint density at radius 1 is 1.32 bits per heavy atom. The van der Waals surface area contributed by atoms with E-state index < -0.39 is 0 Å². The van der Waals surface area contributed by atoms with Gasteiger partial charge in [0.05, 0.1) is 28.7 Å². The average Bonchev–Trinajstić information content (AvgIpc) is 3.08. The van der Waals surface area contributed by atoms with Crippen molar-refractivity contribution >= 4 is 40.9 Å². The first-order chi connectivity index (χ1) is 13.4. The number of thioether (sulfide) groups is 1. The van der Waals surface area contributed by atoms with Gasteiger partial charge in [0.1, 0.15) is 5.75 Å². The van der Waals surface area contributed by atoms with E-state index in [1.807, 2.05) is 18.7 Å². The molecule has 2 heterocycles. The highest BCUT2D eigenvalue weighted by Gasteiger charge is 2.25. The Kier molecular flexibility index (Phi) is 7.45. The minimum absolute atomic E-state index is 0.0617. The van der Waals surface area contributed by atoms with Gasteiger partial charge in [0, 0.05) is 18.1 Å². The molecule has 10 heteroatoms. The van der Waals surface area contributed by atoms with Crippen LogP contribution in [0.1, 0.15) is 25.6 Å². The van der Waals surface area contributed by atoms with Crippen molar-refractivity contribution < 1.29 is 18.8 Å². The van der Waals surface area contributed by atoms with Gasteiger partial charge in [-0.2, -0.15) is 4.98 Å². The van der Waals surface area contributed by atoms with Gasteiger partial charge in [-0.05, 0) is 32.0 Å². The van der Waals surface area contributed by atoms with Crippen molar-refractivity contribution in [1.82, 2.24) is 15.0 Å². The lowest BCUT2D eigenvalue weighted by Crippen LogP contribution is -2.48. The zero-order chi connectivity index (χ0) is 20.1. The molecule has 3 rings (SSSR count). The van der Waals surface area contributed by atoms with Crippen molar-refractivity contribution in [2.45, 2.75) is 38.4 Å². The van der Waals surface area contributed by atoms with Crippen LogP contribution in [0.4, 0.5) is 0 Å². The largest absolute Gasteiger partial charge is 0.482 e. The van der Waals surface area contributed by atoms with E-state index in [2.05, 4.69) is 10.1 Å². The second-order valence-electron chi connectivity index (χ2n) is 6.52. The molecule has 7 nitrogen and oxygen atoms in total. The molecule has 0 saturated carbocycles. The standard InChI is InChI=1S/C18H21Cl2N3O4S/c1-11-6-23(7-12(2)26-11)18(24)10-28-9-16-21-17(27-22-16)8-25-15-4-3-13(19)5-14(15)20/h3-5,11-12H,6-10H2,1-2H3. The third-order valence-corrected chi connectivity index (χ3v) is 5.43. The summed E-state index contributed by atoms with van der Waals surface area (Å²) >= 11 is 13.4. The van der Waals surface area contributed by atoms with Crippen molar-refractivity contribution in [2.24, 2.45) is 0 Å². The molecule has 0 N–H and O–H groups in total. The van der Waals surface area contributed by atoms with Crippen LogP contribution in [-0.2, 0) is 21.9 Å². The zero-order valence-electron chi connectivity index (χ0n) is 15.6. The normalized spacial score (nSPS) is 19.6. The number of morpholine rings is 1. The van der Waals surface area contributed by atoms with Crippen LogP contribution in [0.3, 0.4) is 0 Å². The first-order valence-electron chi connectivity index (χ1n) is 8.81. The SMILES string of the molecule is CC1CN(C(=O)CSCc2noc(COc3ccc(Cl)cc3Cl)n2)CC(C)O1. The summed E-state index contributed by atoms with van der Waals surface area (Å²) in [5.41, 5.74) is 0. The maximum absolute atomic E-state index is 12.3. The lowest BCUT2D eigenvalue weighted by atomic mass is 10.2. The molecule has 0 aliphatic carbocycles. The van der Waals surface area contributed by atoms with Crippen LogP contribution in [0.5, 0.6) is 5.75 Å². The van der Waals surface area contributed by atoms with Gasteiger partial charge in [0.25, 0.3) is 5.89 Å². The Labute approximate surface area is 177 Å². The van der Waals surface area contributed by atoms with Crippen molar-refractivity contribution in [2.75, 3.05) is 18.8 Å². The molecule has 1 saturated heterocycles. The summed E-state index contributed by atoms with van der Waals surface area (Å²) in [5, 5.41) is 4.86. The number of carbonyl (C=O) groups excluding carboxylic acids is 1. The summed E-state index contributed by atoms with van der Waals surface area (Å²) in [6.45, 7) is 5.30. The first kappa shape index (κ1) is 21.2. The molecule has 2 unspecified atom stereocenters. The molecule has 1 aromatic carbocycles. The molecular formula is C18H21Cl2N3O4S. The van der Waals surface area contributed by atoms with Gasteiger partial charge in [-0.1, -0.05) is 28.4 Å². The Hall–Kier alpha value is -1.48. The smallest absolute Gasteiger partial charge is 0.264 e. The predicted molar refractivity (Wildman–Crippen MR) is 108 cm³/mol. The number of benzene rings is 1. The van der Waals surface area contributed by atoms with E-state index in [-0.39, 0.29) is 24.7 Å². The second-order valence-corrected chi connectivity index (χ2v) is 8.35. The van der Waals surface area contributed by atoms with E-state index in [4.69, 9.17) is 37.2 Å². The van der Waals surface area contributed by atoms with Crippen molar-refractivity contribution in [3.8, 4) is 5.75 Å². The molecule has 152 valence electrons. The fourth-order valence-electron chi connectivity index (χ4n) is 2.84. The van der Waals surface area contributed by atoms with Gasteiger partial charge in [-0.15, -0.1) is 11.8 Å². The summed E-state index contributed by atoms with van der Waals surface area (Å²) in [6.07, 6.45) is 0.123. The highest BCUT2D eigenvalue weighted by molar-refractivity contribution is 7.99. The lowest BCUT2D eigenvalue weighted by Gasteiger charge is -2.35. The van der Waals surface area contributed by atoms with E-state index in [1.165, 1.54) is 11.8 Å². The van der Waals surface area contributed by atoms with E-state index in [0.717, 1.165) is 0 Å². The van der Waals surface area contributed by atoms with Crippen molar-refractivity contribution in [1.29, 1.82) is 0 Å². The van der Waals surface area contributed by atoms with Crippen molar-refractivity contribution in [3.63, 3.8) is 0 Å². The van der Waals surface area contributed by atoms with Crippen LogP contribution in [0, 0.1) is 0 Å². The Morgan fingerprint density at radius 2 is 2.07 bits per heavy atom. The molecule has 0 spiro atoms. The number of nitrogens with zero attached hydrogens (tertiary/aromatic N) is 3. The molecule has 0 bridgehead atoms. The maximum atomic E-state index is 12.3. The molecule has 0 radical (unpaired) electrons. The molecule has 1 amide bonds. The number of aromatic nitrogens is 2. The Morgan fingerprint density at radius 3 is 2.79 bits per heavy atom. The summed E-state index contributed by atoms with van der Waals surface area (Å²) < 4.78 is 16.4. The molecule has 1 aliphatic rings. The molecule has 1 fully saturated rings. The summed E-state index contributed by atoms with van der Waals surface area (Å²) in [6, 6.07) is 4.96. The number of halogens is 2. The van der Waals surface area contributed by atoms with Crippen LogP contribution in [-0.4, -0.2) is 52.0 Å². The fraction of sp³-hybridized carbons (Fsp3) is 0.500. The highest BCUT2D eigenvalue weighted by atomic mass is 35.5. The topological polar surface area (TPSA) is 77.7 Å². The second kappa shape index (κ2) is 9.82. The number of rotatable bonds is 7. The summed E-state index contributed by atoms with van der Waals surface area (Å²) in [7, 11) is 0. The average molecular weight is 446 g/mol. The highest BCUT2D eigenvalue weighted by Crippen LogP contribution is 2.28. The van der Waals surface area contributed by atoms with Crippen LogP contribution in [0.15, 0.2) is 22.7 Å². The van der Waals surface area contributed by atoms with Crippen molar-refractivity contribution in [3.05, 3.63) is 40.0 Å². The van der Waals surface area contributed by atoms with Crippen LogP contribution >= 0.6 is 35.0 Å². The Balaban J connectivity index is 1.42. The number of hydrogen-bond donors (Lipinski definition) is 0. The third kappa shape index (κ3) is 6.01. The third-order valence-electron chi connectivity index (χ3n) is 3.98.